The van der Waals surface area contributed by atoms with Crippen LogP contribution in [0.4, 0.5) is 4.39 Å². The number of benzene rings is 1. The van der Waals surface area contributed by atoms with Crippen molar-refractivity contribution in [1.82, 2.24) is 4.57 Å². The summed E-state index contributed by atoms with van der Waals surface area (Å²) in [6, 6.07) is 8.11. The molecule has 0 radical (unpaired) electrons. The van der Waals surface area contributed by atoms with Gasteiger partial charge in [0.1, 0.15) is 11.5 Å². The fourth-order valence-corrected chi connectivity index (χ4v) is 1.98. The van der Waals surface area contributed by atoms with Crippen molar-refractivity contribution in [3.63, 3.8) is 0 Å². The van der Waals surface area contributed by atoms with Crippen LogP contribution in [0.5, 0.6) is 0 Å². The van der Waals surface area contributed by atoms with Crippen molar-refractivity contribution in [3.05, 3.63) is 59.2 Å². The van der Waals surface area contributed by atoms with E-state index in [1.165, 1.54) is 12.1 Å². The van der Waals surface area contributed by atoms with Crippen molar-refractivity contribution in [2.75, 3.05) is 6.61 Å². The summed E-state index contributed by atoms with van der Waals surface area (Å²) >= 11 is 0. The molecule has 0 saturated carbocycles. The Labute approximate surface area is 111 Å². The van der Waals surface area contributed by atoms with Gasteiger partial charge in [-0.1, -0.05) is 12.1 Å². The lowest BCUT2D eigenvalue weighted by Crippen LogP contribution is -2.13. The molecule has 0 aliphatic heterocycles. The first-order valence-electron chi connectivity index (χ1n) is 6.19. The lowest BCUT2D eigenvalue weighted by Gasteiger charge is -2.09. The zero-order valence-electron chi connectivity index (χ0n) is 11.0. The van der Waals surface area contributed by atoms with Crippen molar-refractivity contribution >= 4 is 5.97 Å². The van der Waals surface area contributed by atoms with Crippen molar-refractivity contribution in [2.24, 2.45) is 0 Å². The van der Waals surface area contributed by atoms with E-state index in [2.05, 4.69) is 0 Å². The second kappa shape index (κ2) is 5.69. The number of nitrogens with zero attached hydrogens (tertiary/aromatic N) is 1. The minimum atomic E-state index is -0.327. The van der Waals surface area contributed by atoms with E-state index in [0.717, 1.165) is 11.1 Å². The first-order chi connectivity index (χ1) is 9.11. The van der Waals surface area contributed by atoms with Gasteiger partial charge >= 0.3 is 5.97 Å². The van der Waals surface area contributed by atoms with E-state index in [-0.39, 0.29) is 11.8 Å². The van der Waals surface area contributed by atoms with Crippen molar-refractivity contribution < 1.29 is 13.9 Å². The molecule has 0 spiro atoms. The normalized spacial score (nSPS) is 10.5. The van der Waals surface area contributed by atoms with Crippen LogP contribution in [0.25, 0.3) is 0 Å². The van der Waals surface area contributed by atoms with Gasteiger partial charge in [-0.2, -0.15) is 0 Å². The Morgan fingerprint density at radius 1 is 1.26 bits per heavy atom. The number of esters is 1. The molecule has 0 unspecified atom stereocenters. The Kier molecular flexibility index (Phi) is 4.00. The van der Waals surface area contributed by atoms with Gasteiger partial charge in [-0.05, 0) is 43.2 Å². The molecule has 2 rings (SSSR count). The summed E-state index contributed by atoms with van der Waals surface area (Å²) in [6.07, 6.45) is 1.84. The van der Waals surface area contributed by atoms with Gasteiger partial charge < -0.3 is 9.30 Å². The van der Waals surface area contributed by atoms with Crippen LogP contribution in [0.1, 0.15) is 28.5 Å². The van der Waals surface area contributed by atoms with Crippen LogP contribution < -0.4 is 0 Å². The van der Waals surface area contributed by atoms with E-state index in [4.69, 9.17) is 4.74 Å². The molecule has 100 valence electrons. The number of carbonyl (C=O) groups excluding carboxylic acids is 1. The highest BCUT2D eigenvalue weighted by Crippen LogP contribution is 2.14. The molecule has 0 aliphatic carbocycles. The third kappa shape index (κ3) is 3.02. The monoisotopic (exact) mass is 261 g/mol. The molecule has 0 aliphatic rings. The molecule has 0 atom stereocenters. The molecule has 3 nitrogen and oxygen atoms in total. The average Bonchev–Trinajstić information content (AvgIpc) is 2.74. The topological polar surface area (TPSA) is 31.2 Å². The molecule has 1 aromatic carbocycles. The van der Waals surface area contributed by atoms with E-state index >= 15 is 0 Å². The van der Waals surface area contributed by atoms with Crippen molar-refractivity contribution in [2.45, 2.75) is 20.4 Å². The van der Waals surface area contributed by atoms with E-state index in [1.54, 1.807) is 19.1 Å². The van der Waals surface area contributed by atoms with E-state index in [1.807, 2.05) is 23.8 Å². The Bertz CT molecular complexity index is 572. The SMILES string of the molecule is CCOC(=O)c1c(C)ccn1Cc1ccc(F)cc1. The van der Waals surface area contributed by atoms with Crippen LogP contribution in [0.3, 0.4) is 0 Å². The highest BCUT2D eigenvalue weighted by atomic mass is 19.1. The van der Waals surface area contributed by atoms with Gasteiger partial charge in [-0.3, -0.25) is 0 Å². The Morgan fingerprint density at radius 2 is 1.95 bits per heavy atom. The third-order valence-corrected chi connectivity index (χ3v) is 2.90. The number of ether oxygens (including phenoxy) is 1. The van der Waals surface area contributed by atoms with Gasteiger partial charge in [0.05, 0.1) is 6.61 Å². The van der Waals surface area contributed by atoms with E-state index in [9.17, 15) is 9.18 Å². The number of halogens is 1. The number of aromatic nitrogens is 1. The minimum absolute atomic E-state index is 0.266. The van der Waals surface area contributed by atoms with Crippen LogP contribution in [-0.2, 0) is 11.3 Å². The standard InChI is InChI=1S/C15H16FNO2/c1-3-19-15(18)14-11(2)8-9-17(14)10-12-4-6-13(16)7-5-12/h4-9H,3,10H2,1-2H3. The molecule has 0 saturated heterocycles. The molecule has 19 heavy (non-hydrogen) atoms. The molecule has 4 heteroatoms. The zero-order valence-corrected chi connectivity index (χ0v) is 11.0. The predicted octanol–water partition coefficient (Wildman–Crippen LogP) is 3.16. The van der Waals surface area contributed by atoms with Crippen LogP contribution in [0, 0.1) is 12.7 Å². The molecule has 0 bridgehead atoms. The maximum Gasteiger partial charge on any atom is 0.355 e. The number of rotatable bonds is 4. The zero-order chi connectivity index (χ0) is 13.8. The van der Waals surface area contributed by atoms with Crippen LogP contribution >= 0.6 is 0 Å². The average molecular weight is 261 g/mol. The highest BCUT2D eigenvalue weighted by molar-refractivity contribution is 5.89. The van der Waals surface area contributed by atoms with Gasteiger partial charge in [-0.15, -0.1) is 0 Å². The first kappa shape index (κ1) is 13.3. The Hall–Kier alpha value is -2.10. The quantitative estimate of drug-likeness (QED) is 0.792. The van der Waals surface area contributed by atoms with E-state index < -0.39 is 0 Å². The minimum Gasteiger partial charge on any atom is -0.461 e. The Balaban J connectivity index is 2.25. The van der Waals surface area contributed by atoms with Gasteiger partial charge in [0, 0.05) is 12.7 Å². The Morgan fingerprint density at radius 3 is 2.58 bits per heavy atom. The van der Waals surface area contributed by atoms with Gasteiger partial charge in [0.15, 0.2) is 0 Å². The smallest absolute Gasteiger partial charge is 0.355 e. The summed E-state index contributed by atoms with van der Waals surface area (Å²) < 4.78 is 19.7. The van der Waals surface area contributed by atoms with Gasteiger partial charge in [0.2, 0.25) is 0 Å². The number of carbonyl (C=O) groups is 1. The summed E-state index contributed by atoms with van der Waals surface area (Å²) in [5.74, 6) is -0.592. The largest absolute Gasteiger partial charge is 0.461 e. The second-order valence-electron chi connectivity index (χ2n) is 4.32. The molecule has 1 aromatic heterocycles. The number of aryl methyl sites for hydroxylation is 1. The molecule has 0 amide bonds. The van der Waals surface area contributed by atoms with Gasteiger partial charge in [0.25, 0.3) is 0 Å². The van der Waals surface area contributed by atoms with Crippen LogP contribution in [0.15, 0.2) is 36.5 Å². The summed E-state index contributed by atoms with van der Waals surface area (Å²) in [6.45, 7) is 4.51. The lowest BCUT2D eigenvalue weighted by atomic mass is 10.2. The first-order valence-corrected chi connectivity index (χ1v) is 6.19. The number of hydrogen-bond acceptors (Lipinski definition) is 2. The number of hydrogen-bond donors (Lipinski definition) is 0. The molecular formula is C15H16FNO2. The van der Waals surface area contributed by atoms with Crippen LogP contribution in [0.2, 0.25) is 0 Å². The molecular weight excluding hydrogens is 245 g/mol. The molecule has 0 fully saturated rings. The maximum absolute atomic E-state index is 12.9. The van der Waals surface area contributed by atoms with Crippen molar-refractivity contribution in [1.29, 1.82) is 0 Å². The molecule has 1 heterocycles. The summed E-state index contributed by atoms with van der Waals surface area (Å²) in [5, 5.41) is 0. The fraction of sp³-hybridized carbons (Fsp3) is 0.267. The summed E-state index contributed by atoms with van der Waals surface area (Å²) in [5.41, 5.74) is 2.36. The molecule has 0 N–H and O–H groups in total. The lowest BCUT2D eigenvalue weighted by molar-refractivity contribution is 0.0513. The van der Waals surface area contributed by atoms with Crippen LogP contribution in [-0.4, -0.2) is 17.1 Å². The summed E-state index contributed by atoms with van der Waals surface area (Å²) in [7, 11) is 0. The predicted molar refractivity (Wildman–Crippen MR) is 70.6 cm³/mol. The molecule has 2 aromatic rings. The third-order valence-electron chi connectivity index (χ3n) is 2.90. The van der Waals surface area contributed by atoms with E-state index in [0.29, 0.717) is 18.8 Å². The highest BCUT2D eigenvalue weighted by Gasteiger charge is 2.15. The maximum atomic E-state index is 12.9. The van der Waals surface area contributed by atoms with Gasteiger partial charge in [-0.25, -0.2) is 9.18 Å². The summed E-state index contributed by atoms with van der Waals surface area (Å²) in [4.78, 5) is 11.9. The fourth-order valence-electron chi connectivity index (χ4n) is 1.98. The van der Waals surface area contributed by atoms with Crippen molar-refractivity contribution in [3.8, 4) is 0 Å². The second-order valence-corrected chi connectivity index (χ2v) is 4.32.